The number of halogens is 2. The van der Waals surface area contributed by atoms with Crippen LogP contribution in [-0.2, 0) is 6.54 Å². The van der Waals surface area contributed by atoms with Crippen molar-refractivity contribution in [2.24, 2.45) is 0 Å². The zero-order valence-electron chi connectivity index (χ0n) is 11.4. The minimum absolute atomic E-state index is 0.0819. The van der Waals surface area contributed by atoms with Crippen molar-refractivity contribution in [2.75, 3.05) is 5.32 Å². The van der Waals surface area contributed by atoms with Crippen LogP contribution in [0.5, 0.6) is 0 Å². The molecule has 1 heterocycles. The highest BCUT2D eigenvalue weighted by atomic mass is 79.9. The van der Waals surface area contributed by atoms with Gasteiger partial charge >= 0.3 is 0 Å². The van der Waals surface area contributed by atoms with Crippen molar-refractivity contribution in [3.05, 3.63) is 61.9 Å². The van der Waals surface area contributed by atoms with Gasteiger partial charge in [0, 0.05) is 28.8 Å². The van der Waals surface area contributed by atoms with E-state index in [4.69, 9.17) is 11.6 Å². The maximum absolute atomic E-state index is 12.2. The number of carbonyl (C=O) groups is 1. The SMILES string of the molecule is CCCn1cc(NC(=O)c2ccc(Br)c(Cl)c2)ccc1=O. The van der Waals surface area contributed by atoms with Crippen molar-refractivity contribution in [1.29, 1.82) is 0 Å². The Bertz CT molecular complexity index is 728. The van der Waals surface area contributed by atoms with Crippen molar-refractivity contribution in [3.8, 4) is 0 Å². The fraction of sp³-hybridized carbons (Fsp3) is 0.200. The number of aryl methyl sites for hydroxylation is 1. The number of amides is 1. The maximum atomic E-state index is 12.2. The van der Waals surface area contributed by atoms with Gasteiger partial charge in [-0.2, -0.15) is 0 Å². The average molecular weight is 370 g/mol. The van der Waals surface area contributed by atoms with Crippen molar-refractivity contribution < 1.29 is 4.79 Å². The number of benzene rings is 1. The second kappa shape index (κ2) is 6.91. The van der Waals surface area contributed by atoms with Crippen LogP contribution in [0.3, 0.4) is 0 Å². The van der Waals surface area contributed by atoms with Gasteiger partial charge in [-0.3, -0.25) is 9.59 Å². The lowest BCUT2D eigenvalue weighted by atomic mass is 10.2. The lowest BCUT2D eigenvalue weighted by Crippen LogP contribution is -2.20. The fourth-order valence-corrected chi connectivity index (χ4v) is 2.29. The largest absolute Gasteiger partial charge is 0.321 e. The standard InChI is InChI=1S/C15H14BrClN2O2/c1-2-7-19-9-11(4-6-14(19)20)18-15(21)10-3-5-12(16)13(17)8-10/h3-6,8-9H,2,7H2,1H3,(H,18,21). The lowest BCUT2D eigenvalue weighted by molar-refractivity contribution is 0.102. The van der Waals surface area contributed by atoms with E-state index in [0.717, 1.165) is 10.9 Å². The summed E-state index contributed by atoms with van der Waals surface area (Å²) >= 11 is 9.25. The Morgan fingerprint density at radius 3 is 2.76 bits per heavy atom. The molecule has 110 valence electrons. The van der Waals surface area contributed by atoms with Gasteiger partial charge in [-0.25, -0.2) is 0 Å². The Morgan fingerprint density at radius 1 is 1.33 bits per heavy atom. The van der Waals surface area contributed by atoms with Gasteiger partial charge in [-0.1, -0.05) is 18.5 Å². The molecular weight excluding hydrogens is 356 g/mol. The molecule has 1 N–H and O–H groups in total. The quantitative estimate of drug-likeness (QED) is 0.888. The Balaban J connectivity index is 2.21. The van der Waals surface area contributed by atoms with Crippen LogP contribution in [0.1, 0.15) is 23.7 Å². The number of hydrogen-bond donors (Lipinski definition) is 1. The Hall–Kier alpha value is -1.59. The first kappa shape index (κ1) is 15.8. The molecule has 0 fully saturated rings. The van der Waals surface area contributed by atoms with E-state index >= 15 is 0 Å². The van der Waals surface area contributed by atoms with Gasteiger partial charge in [-0.05, 0) is 46.6 Å². The first-order valence-electron chi connectivity index (χ1n) is 6.48. The van der Waals surface area contributed by atoms with Crippen LogP contribution in [0.2, 0.25) is 5.02 Å². The van der Waals surface area contributed by atoms with Crippen LogP contribution >= 0.6 is 27.5 Å². The van der Waals surface area contributed by atoms with Gasteiger partial charge in [0.2, 0.25) is 0 Å². The molecule has 0 aliphatic rings. The van der Waals surface area contributed by atoms with E-state index in [1.54, 1.807) is 35.0 Å². The molecule has 0 saturated heterocycles. The topological polar surface area (TPSA) is 51.1 Å². The van der Waals surface area contributed by atoms with Gasteiger partial charge in [0.05, 0.1) is 10.7 Å². The summed E-state index contributed by atoms with van der Waals surface area (Å²) in [6, 6.07) is 8.01. The Morgan fingerprint density at radius 2 is 2.10 bits per heavy atom. The molecule has 4 nitrogen and oxygen atoms in total. The normalized spacial score (nSPS) is 10.4. The summed E-state index contributed by atoms with van der Waals surface area (Å²) in [6.45, 7) is 2.61. The third kappa shape index (κ3) is 3.95. The minimum atomic E-state index is -0.272. The molecule has 0 atom stereocenters. The molecule has 0 radical (unpaired) electrons. The molecular formula is C15H14BrClN2O2. The zero-order chi connectivity index (χ0) is 15.4. The molecule has 2 rings (SSSR count). The zero-order valence-corrected chi connectivity index (χ0v) is 13.7. The third-order valence-electron chi connectivity index (χ3n) is 2.89. The van der Waals surface area contributed by atoms with Crippen LogP contribution in [0.25, 0.3) is 0 Å². The summed E-state index contributed by atoms with van der Waals surface area (Å²) in [5, 5.41) is 3.23. The van der Waals surface area contributed by atoms with E-state index in [0.29, 0.717) is 22.8 Å². The molecule has 1 aromatic heterocycles. The van der Waals surface area contributed by atoms with Crippen molar-refractivity contribution in [2.45, 2.75) is 19.9 Å². The average Bonchev–Trinajstić information content (AvgIpc) is 2.45. The number of anilines is 1. The highest BCUT2D eigenvalue weighted by Gasteiger charge is 2.09. The van der Waals surface area contributed by atoms with Gasteiger partial charge in [0.15, 0.2) is 0 Å². The van der Waals surface area contributed by atoms with Crippen LogP contribution in [0.15, 0.2) is 45.8 Å². The van der Waals surface area contributed by atoms with Gasteiger partial charge < -0.3 is 9.88 Å². The first-order valence-corrected chi connectivity index (χ1v) is 7.65. The molecule has 0 bridgehead atoms. The number of rotatable bonds is 4. The van der Waals surface area contributed by atoms with E-state index < -0.39 is 0 Å². The van der Waals surface area contributed by atoms with Crippen molar-refractivity contribution >= 4 is 39.1 Å². The molecule has 0 saturated carbocycles. The number of pyridine rings is 1. The Kier molecular flexibility index (Phi) is 5.20. The summed E-state index contributed by atoms with van der Waals surface area (Å²) in [5.74, 6) is -0.272. The summed E-state index contributed by atoms with van der Waals surface area (Å²) in [7, 11) is 0. The number of carbonyl (C=O) groups excluding carboxylic acids is 1. The van der Waals surface area contributed by atoms with Crippen LogP contribution in [-0.4, -0.2) is 10.5 Å². The molecule has 0 unspecified atom stereocenters. The monoisotopic (exact) mass is 368 g/mol. The van der Waals surface area contributed by atoms with Gasteiger partial charge in [0.25, 0.3) is 11.5 Å². The molecule has 1 amide bonds. The number of nitrogens with zero attached hydrogens (tertiary/aromatic N) is 1. The third-order valence-corrected chi connectivity index (χ3v) is 4.12. The van der Waals surface area contributed by atoms with Crippen LogP contribution < -0.4 is 10.9 Å². The van der Waals surface area contributed by atoms with E-state index in [1.807, 2.05) is 6.92 Å². The van der Waals surface area contributed by atoms with E-state index in [2.05, 4.69) is 21.2 Å². The summed E-state index contributed by atoms with van der Waals surface area (Å²) in [4.78, 5) is 23.8. The van der Waals surface area contributed by atoms with E-state index in [9.17, 15) is 9.59 Å². The summed E-state index contributed by atoms with van der Waals surface area (Å²) in [5.41, 5.74) is 0.949. The van der Waals surface area contributed by atoms with Crippen LogP contribution in [0, 0.1) is 0 Å². The predicted octanol–water partition coefficient (Wildman–Crippen LogP) is 3.93. The molecule has 2 aromatic rings. The van der Waals surface area contributed by atoms with Crippen LogP contribution in [0.4, 0.5) is 5.69 Å². The summed E-state index contributed by atoms with van der Waals surface area (Å²) < 4.78 is 2.31. The maximum Gasteiger partial charge on any atom is 0.255 e. The number of nitrogens with one attached hydrogen (secondary N) is 1. The predicted molar refractivity (Wildman–Crippen MR) is 88.1 cm³/mol. The fourth-order valence-electron chi connectivity index (χ4n) is 1.86. The second-order valence-electron chi connectivity index (χ2n) is 4.53. The van der Waals surface area contributed by atoms with E-state index in [-0.39, 0.29) is 11.5 Å². The van der Waals surface area contributed by atoms with Gasteiger partial charge in [-0.15, -0.1) is 0 Å². The van der Waals surface area contributed by atoms with Crippen molar-refractivity contribution in [1.82, 2.24) is 4.57 Å². The van der Waals surface area contributed by atoms with Gasteiger partial charge in [0.1, 0.15) is 0 Å². The molecule has 21 heavy (non-hydrogen) atoms. The molecule has 1 aromatic carbocycles. The summed E-state index contributed by atoms with van der Waals surface area (Å²) in [6.07, 6.45) is 2.49. The molecule has 0 spiro atoms. The van der Waals surface area contributed by atoms with Crippen molar-refractivity contribution in [3.63, 3.8) is 0 Å². The number of aromatic nitrogens is 1. The number of hydrogen-bond acceptors (Lipinski definition) is 2. The smallest absolute Gasteiger partial charge is 0.255 e. The molecule has 0 aliphatic carbocycles. The van der Waals surface area contributed by atoms with E-state index in [1.165, 1.54) is 6.07 Å². The highest BCUT2D eigenvalue weighted by Crippen LogP contribution is 2.23. The molecule has 0 aliphatic heterocycles. The Labute approximate surface area is 135 Å². The molecule has 6 heteroatoms. The lowest BCUT2D eigenvalue weighted by Gasteiger charge is -2.09. The second-order valence-corrected chi connectivity index (χ2v) is 5.79. The minimum Gasteiger partial charge on any atom is -0.321 e. The highest BCUT2D eigenvalue weighted by molar-refractivity contribution is 9.10. The first-order chi connectivity index (χ1) is 10.0.